The zero-order valence-electron chi connectivity index (χ0n) is 25.1. The fraction of sp³-hybridized carbons (Fsp3) is 0.654. The average Bonchev–Trinajstić information content (AvgIpc) is 3.46. The molecule has 6 N–H and O–H groups in total. The summed E-state index contributed by atoms with van der Waals surface area (Å²) in [5.41, 5.74) is 5.22. The fourth-order valence-electron chi connectivity index (χ4n) is 4.22. The topological polar surface area (TPSA) is 222 Å². The van der Waals surface area contributed by atoms with E-state index in [0.717, 1.165) is 12.8 Å². The highest BCUT2D eigenvalue weighted by atomic mass is 31.2. The minimum absolute atomic E-state index is 0.0253. The van der Waals surface area contributed by atoms with Crippen molar-refractivity contribution in [2.75, 3.05) is 25.3 Å². The Labute approximate surface area is 249 Å². The lowest BCUT2D eigenvalue weighted by Gasteiger charge is -2.31. The number of nitrogens with two attached hydrogens (primary N) is 1. The summed E-state index contributed by atoms with van der Waals surface area (Å²) >= 11 is 0. The number of H-pyrrole nitrogens is 1. The standard InChI is InChI=1S/C26H42N7O9P/c1-7-9-11-39-23(36)16(4)31-43(38,32-17(5)24(37)40-12-10-8-2)14-41-26(6)15(3)19(34)22(42-26)33-13-28-18-20(33)29-25(27)30-21(18)35/h13,16-17,19,22,34H,3,7-12,14H2,1-2,4-6H3,(H2,31,32,38)(H3,27,29,30,35)/t16-,17-,19?,22?,26?/m0/s1. The van der Waals surface area contributed by atoms with Crippen molar-refractivity contribution in [1.29, 1.82) is 0 Å². The van der Waals surface area contributed by atoms with Crippen LogP contribution in [0.5, 0.6) is 0 Å². The Morgan fingerprint density at radius 3 is 2.30 bits per heavy atom. The number of aliphatic hydroxyl groups is 1. The second-order valence-corrected chi connectivity index (χ2v) is 12.7. The first-order valence-corrected chi connectivity index (χ1v) is 16.0. The number of aliphatic hydroxyl groups excluding tert-OH is 1. The van der Waals surface area contributed by atoms with Crippen LogP contribution in [0.1, 0.15) is 66.5 Å². The Bertz CT molecular complexity index is 1380. The van der Waals surface area contributed by atoms with E-state index in [1.165, 1.54) is 31.7 Å². The summed E-state index contributed by atoms with van der Waals surface area (Å²) in [6.45, 7) is 12.6. The Balaban J connectivity index is 1.81. The number of unbranched alkanes of at least 4 members (excludes halogenated alkanes) is 2. The molecule has 2 aromatic heterocycles. The molecule has 1 aliphatic rings. The number of nitrogen functional groups attached to an aromatic ring is 1. The van der Waals surface area contributed by atoms with E-state index in [1.54, 1.807) is 0 Å². The van der Waals surface area contributed by atoms with Gasteiger partial charge in [0.15, 0.2) is 23.2 Å². The van der Waals surface area contributed by atoms with E-state index >= 15 is 0 Å². The number of carbonyl (C=O) groups is 2. The molecule has 5 atom stereocenters. The summed E-state index contributed by atoms with van der Waals surface area (Å²) in [4.78, 5) is 47.8. The third-order valence-corrected chi connectivity index (χ3v) is 8.90. The number of nitrogens with one attached hydrogen (secondary N) is 3. The second kappa shape index (κ2) is 14.6. The Morgan fingerprint density at radius 1 is 1.21 bits per heavy atom. The summed E-state index contributed by atoms with van der Waals surface area (Å²) in [5, 5.41) is 16.5. The third-order valence-electron chi connectivity index (χ3n) is 6.80. The van der Waals surface area contributed by atoms with Gasteiger partial charge in [-0.05, 0) is 33.6 Å². The van der Waals surface area contributed by atoms with Crippen molar-refractivity contribution in [3.63, 3.8) is 0 Å². The van der Waals surface area contributed by atoms with Crippen LogP contribution in [-0.2, 0) is 33.1 Å². The molecule has 17 heteroatoms. The monoisotopic (exact) mass is 627 g/mol. The van der Waals surface area contributed by atoms with E-state index in [4.69, 9.17) is 24.7 Å². The lowest BCUT2D eigenvalue weighted by Crippen LogP contribution is -2.44. The molecule has 0 radical (unpaired) electrons. The van der Waals surface area contributed by atoms with Gasteiger partial charge in [0.2, 0.25) is 13.4 Å². The van der Waals surface area contributed by atoms with Gasteiger partial charge in [-0.2, -0.15) is 4.98 Å². The maximum absolute atomic E-state index is 14.2. The summed E-state index contributed by atoms with van der Waals surface area (Å²) in [6.07, 6.45) is 1.10. The van der Waals surface area contributed by atoms with E-state index in [0.29, 0.717) is 12.8 Å². The van der Waals surface area contributed by atoms with E-state index < -0.39 is 61.5 Å². The number of fused-ring (bicyclic) bond motifs is 1. The van der Waals surface area contributed by atoms with Gasteiger partial charge in [0, 0.05) is 5.57 Å². The third kappa shape index (κ3) is 8.28. The number of esters is 2. The Hall–Kier alpha value is -3.14. The highest BCUT2D eigenvalue weighted by Crippen LogP contribution is 2.46. The molecule has 1 saturated heterocycles. The van der Waals surface area contributed by atoms with Gasteiger partial charge in [-0.1, -0.05) is 33.3 Å². The normalized spacial score (nSPS) is 22.0. The molecule has 0 bridgehead atoms. The van der Waals surface area contributed by atoms with Crippen molar-refractivity contribution in [2.45, 2.75) is 90.5 Å². The maximum Gasteiger partial charge on any atom is 0.323 e. The number of rotatable bonds is 16. The zero-order valence-corrected chi connectivity index (χ0v) is 26.0. The number of carbonyl (C=O) groups excluding carboxylic acids is 2. The molecule has 1 fully saturated rings. The van der Waals surface area contributed by atoms with Gasteiger partial charge in [0.1, 0.15) is 24.5 Å². The molecule has 0 spiro atoms. The molecule has 0 saturated carbocycles. The van der Waals surface area contributed by atoms with Crippen LogP contribution in [0.25, 0.3) is 11.2 Å². The Morgan fingerprint density at radius 2 is 1.77 bits per heavy atom. The SMILES string of the molecule is C=C1C(O)C(n2cnc3c(=O)[nH]c(N)nc32)OC1(C)OCP(=O)(N[C@@H](C)C(=O)OCCCC)N[C@@H](C)C(=O)OCCCC. The fourth-order valence-corrected chi connectivity index (χ4v) is 6.33. The highest BCUT2D eigenvalue weighted by molar-refractivity contribution is 7.59. The number of imidazole rings is 1. The van der Waals surface area contributed by atoms with Crippen molar-refractivity contribution in [2.24, 2.45) is 0 Å². The van der Waals surface area contributed by atoms with Gasteiger partial charge in [0.25, 0.3) is 5.56 Å². The minimum atomic E-state index is -3.91. The van der Waals surface area contributed by atoms with Crippen LogP contribution in [0.15, 0.2) is 23.3 Å². The first-order valence-electron chi connectivity index (χ1n) is 14.1. The summed E-state index contributed by atoms with van der Waals surface area (Å²) in [7, 11) is -3.91. The van der Waals surface area contributed by atoms with Gasteiger partial charge in [-0.3, -0.25) is 28.5 Å². The van der Waals surface area contributed by atoms with Crippen molar-refractivity contribution in [3.05, 3.63) is 28.8 Å². The van der Waals surface area contributed by atoms with Gasteiger partial charge < -0.3 is 29.8 Å². The average molecular weight is 628 g/mol. The van der Waals surface area contributed by atoms with Crippen LogP contribution < -0.4 is 21.5 Å². The molecule has 1 aliphatic heterocycles. The summed E-state index contributed by atoms with van der Waals surface area (Å²) in [6, 6.07) is -2.07. The number of anilines is 1. The smallest absolute Gasteiger partial charge is 0.323 e. The summed E-state index contributed by atoms with van der Waals surface area (Å²) in [5.74, 6) is -3.13. The first-order chi connectivity index (χ1) is 20.2. The molecule has 3 unspecified atom stereocenters. The van der Waals surface area contributed by atoms with Crippen molar-refractivity contribution < 1.29 is 38.2 Å². The zero-order chi connectivity index (χ0) is 31.9. The lowest BCUT2D eigenvalue weighted by atomic mass is 10.1. The minimum Gasteiger partial charge on any atom is -0.465 e. The Kier molecular flexibility index (Phi) is 11.6. The van der Waals surface area contributed by atoms with E-state index in [9.17, 15) is 24.1 Å². The highest BCUT2D eigenvalue weighted by Gasteiger charge is 2.50. The molecule has 2 aromatic rings. The number of aromatic nitrogens is 4. The number of hydrogen-bond acceptors (Lipinski definition) is 12. The predicted molar refractivity (Wildman–Crippen MR) is 157 cm³/mol. The van der Waals surface area contributed by atoms with Crippen LogP contribution in [0.4, 0.5) is 5.95 Å². The molecule has 3 rings (SSSR count). The number of aromatic amines is 1. The van der Waals surface area contributed by atoms with Gasteiger partial charge in [-0.25, -0.2) is 15.2 Å². The predicted octanol–water partition coefficient (Wildman–Crippen LogP) is 1.67. The van der Waals surface area contributed by atoms with E-state index in [2.05, 4.69) is 31.7 Å². The first kappa shape index (κ1) is 34.4. The summed E-state index contributed by atoms with van der Waals surface area (Å²) < 4.78 is 38.0. The van der Waals surface area contributed by atoms with Gasteiger partial charge >= 0.3 is 11.9 Å². The molecule has 3 heterocycles. The quantitative estimate of drug-likeness (QED) is 0.0773. The molecule has 0 amide bonds. The van der Waals surface area contributed by atoms with Crippen LogP contribution in [-0.4, -0.2) is 80.1 Å². The number of ether oxygens (including phenoxy) is 4. The number of hydrogen-bond donors (Lipinski definition) is 5. The molecule has 16 nitrogen and oxygen atoms in total. The van der Waals surface area contributed by atoms with Crippen LogP contribution in [0.2, 0.25) is 0 Å². The van der Waals surface area contributed by atoms with Crippen LogP contribution in [0, 0.1) is 0 Å². The maximum atomic E-state index is 14.2. The molecular formula is C26H42N7O9P. The molecule has 0 aliphatic carbocycles. The van der Waals surface area contributed by atoms with Crippen LogP contribution >= 0.6 is 7.44 Å². The van der Waals surface area contributed by atoms with Crippen molar-refractivity contribution in [1.82, 2.24) is 29.7 Å². The molecule has 240 valence electrons. The van der Waals surface area contributed by atoms with Crippen molar-refractivity contribution >= 4 is 36.5 Å². The van der Waals surface area contributed by atoms with Crippen molar-refractivity contribution in [3.8, 4) is 0 Å². The van der Waals surface area contributed by atoms with Gasteiger partial charge in [-0.15, -0.1) is 0 Å². The molecular weight excluding hydrogens is 585 g/mol. The van der Waals surface area contributed by atoms with Crippen LogP contribution in [0.3, 0.4) is 0 Å². The lowest BCUT2D eigenvalue weighted by molar-refractivity contribution is -0.206. The molecule has 0 aromatic carbocycles. The van der Waals surface area contributed by atoms with Gasteiger partial charge in [0.05, 0.1) is 19.5 Å². The van der Waals surface area contributed by atoms with E-state index in [-0.39, 0.29) is 35.9 Å². The van der Waals surface area contributed by atoms with E-state index in [1.807, 2.05) is 13.8 Å². The largest absolute Gasteiger partial charge is 0.465 e. The number of nitrogens with zero attached hydrogens (tertiary/aromatic N) is 3. The molecule has 43 heavy (non-hydrogen) atoms. The second-order valence-electron chi connectivity index (χ2n) is 10.5.